The number of ether oxygens (including phenoxy) is 1. The molecule has 9 heavy (non-hydrogen) atoms. The van der Waals surface area contributed by atoms with Gasteiger partial charge in [-0.05, 0) is 12.3 Å². The van der Waals surface area contributed by atoms with E-state index in [0.29, 0.717) is 0 Å². The monoisotopic (exact) mass is 129 g/mol. The van der Waals surface area contributed by atoms with Crippen molar-refractivity contribution in [2.45, 2.75) is 33.1 Å². The second-order valence-electron chi connectivity index (χ2n) is 2.38. The third kappa shape index (κ3) is 4.46. The summed E-state index contributed by atoms with van der Waals surface area (Å²) in [6.07, 6.45) is 3.69. The molecule has 0 saturated heterocycles. The number of rotatable bonds is 5. The first-order valence-electron chi connectivity index (χ1n) is 3.72. The van der Waals surface area contributed by atoms with Crippen molar-refractivity contribution in [2.75, 3.05) is 6.61 Å². The van der Waals surface area contributed by atoms with E-state index in [0.717, 1.165) is 18.9 Å². The van der Waals surface area contributed by atoms with E-state index in [1.54, 1.807) is 0 Å². The minimum atomic E-state index is 0.812. The fourth-order valence-corrected chi connectivity index (χ4v) is 0.947. The van der Waals surface area contributed by atoms with Crippen LogP contribution < -0.4 is 0 Å². The standard InChI is InChI=1S/C8H17O/c1-4-8(5-2)6-7-9-3/h8H,3-7H2,1-2H3. The molecule has 1 heteroatoms. The molecular weight excluding hydrogens is 112 g/mol. The topological polar surface area (TPSA) is 9.23 Å². The van der Waals surface area contributed by atoms with E-state index in [4.69, 9.17) is 4.74 Å². The van der Waals surface area contributed by atoms with Crippen molar-refractivity contribution in [2.24, 2.45) is 5.92 Å². The molecule has 0 spiro atoms. The maximum absolute atomic E-state index is 4.73. The van der Waals surface area contributed by atoms with Crippen LogP contribution in [0.25, 0.3) is 0 Å². The van der Waals surface area contributed by atoms with Crippen molar-refractivity contribution in [3.8, 4) is 0 Å². The SMILES string of the molecule is [CH2]OCCC(CC)CC. The summed E-state index contributed by atoms with van der Waals surface area (Å²) in [6.45, 7) is 5.25. The van der Waals surface area contributed by atoms with Crippen molar-refractivity contribution in [1.82, 2.24) is 0 Å². The molecule has 0 unspecified atom stereocenters. The number of hydrogen-bond donors (Lipinski definition) is 0. The highest BCUT2D eigenvalue weighted by molar-refractivity contribution is 4.52. The lowest BCUT2D eigenvalue weighted by atomic mass is 10.0. The lowest BCUT2D eigenvalue weighted by Crippen LogP contribution is -2.00. The van der Waals surface area contributed by atoms with E-state index < -0.39 is 0 Å². The Bertz CT molecular complexity index is 48.5. The van der Waals surface area contributed by atoms with Crippen molar-refractivity contribution < 1.29 is 4.74 Å². The zero-order valence-corrected chi connectivity index (χ0v) is 6.52. The molecule has 0 aliphatic rings. The third-order valence-electron chi connectivity index (χ3n) is 1.83. The molecule has 55 valence electrons. The molecule has 0 aromatic heterocycles. The van der Waals surface area contributed by atoms with E-state index in [1.165, 1.54) is 12.8 Å². The van der Waals surface area contributed by atoms with Crippen LogP contribution in [0.15, 0.2) is 0 Å². The van der Waals surface area contributed by atoms with Gasteiger partial charge in [0.2, 0.25) is 0 Å². The van der Waals surface area contributed by atoms with Gasteiger partial charge in [-0.15, -0.1) is 0 Å². The molecular formula is C8H17O. The van der Waals surface area contributed by atoms with E-state index in [9.17, 15) is 0 Å². The largest absolute Gasteiger partial charge is 0.379 e. The summed E-state index contributed by atoms with van der Waals surface area (Å²) in [4.78, 5) is 0. The molecule has 0 amide bonds. The Morgan fingerprint density at radius 1 is 1.33 bits per heavy atom. The van der Waals surface area contributed by atoms with E-state index in [2.05, 4.69) is 21.0 Å². The van der Waals surface area contributed by atoms with Crippen LogP contribution in [0.5, 0.6) is 0 Å². The van der Waals surface area contributed by atoms with Gasteiger partial charge in [0, 0.05) is 6.61 Å². The van der Waals surface area contributed by atoms with E-state index in [1.807, 2.05) is 0 Å². The van der Waals surface area contributed by atoms with Gasteiger partial charge >= 0.3 is 0 Å². The van der Waals surface area contributed by atoms with Crippen molar-refractivity contribution >= 4 is 0 Å². The summed E-state index contributed by atoms with van der Waals surface area (Å²) in [5.74, 6) is 0.840. The molecule has 0 heterocycles. The average molecular weight is 129 g/mol. The normalized spacial score (nSPS) is 10.7. The Morgan fingerprint density at radius 3 is 2.22 bits per heavy atom. The molecule has 0 aliphatic heterocycles. The van der Waals surface area contributed by atoms with Crippen LogP contribution >= 0.6 is 0 Å². The maximum Gasteiger partial charge on any atom is 0.0700 e. The summed E-state index contributed by atoms with van der Waals surface area (Å²) in [6, 6.07) is 0. The highest BCUT2D eigenvalue weighted by Crippen LogP contribution is 2.11. The Morgan fingerprint density at radius 2 is 1.89 bits per heavy atom. The van der Waals surface area contributed by atoms with Gasteiger partial charge < -0.3 is 4.74 Å². The van der Waals surface area contributed by atoms with E-state index >= 15 is 0 Å². The molecule has 0 bridgehead atoms. The van der Waals surface area contributed by atoms with Crippen LogP contribution in [-0.4, -0.2) is 6.61 Å². The second-order valence-corrected chi connectivity index (χ2v) is 2.38. The van der Waals surface area contributed by atoms with Crippen LogP contribution in [0.3, 0.4) is 0 Å². The minimum Gasteiger partial charge on any atom is -0.379 e. The van der Waals surface area contributed by atoms with Crippen molar-refractivity contribution in [1.29, 1.82) is 0 Å². The van der Waals surface area contributed by atoms with Gasteiger partial charge in [0.1, 0.15) is 0 Å². The Labute approximate surface area is 58.4 Å². The Balaban J connectivity index is 3.09. The molecule has 0 N–H and O–H groups in total. The molecule has 0 saturated carbocycles. The lowest BCUT2D eigenvalue weighted by Gasteiger charge is -2.09. The minimum absolute atomic E-state index is 0.812. The highest BCUT2D eigenvalue weighted by atomic mass is 16.5. The number of hydrogen-bond acceptors (Lipinski definition) is 1. The van der Waals surface area contributed by atoms with Gasteiger partial charge in [-0.1, -0.05) is 26.7 Å². The van der Waals surface area contributed by atoms with Crippen LogP contribution in [0.1, 0.15) is 33.1 Å². The first-order valence-corrected chi connectivity index (χ1v) is 3.72. The van der Waals surface area contributed by atoms with Crippen LogP contribution in [0.4, 0.5) is 0 Å². The molecule has 0 aromatic carbocycles. The van der Waals surface area contributed by atoms with Gasteiger partial charge in [0.05, 0.1) is 7.11 Å². The van der Waals surface area contributed by atoms with Gasteiger partial charge in [0.25, 0.3) is 0 Å². The molecule has 1 nitrogen and oxygen atoms in total. The molecule has 0 aromatic rings. The summed E-state index contributed by atoms with van der Waals surface area (Å²) >= 11 is 0. The van der Waals surface area contributed by atoms with Gasteiger partial charge in [-0.25, -0.2) is 0 Å². The summed E-state index contributed by atoms with van der Waals surface area (Å²) in [5, 5.41) is 0. The van der Waals surface area contributed by atoms with Crippen LogP contribution in [0, 0.1) is 13.0 Å². The predicted octanol–water partition coefficient (Wildman–Crippen LogP) is 2.62. The zero-order valence-electron chi connectivity index (χ0n) is 6.52. The maximum atomic E-state index is 4.73. The Kier molecular flexibility index (Phi) is 6.06. The molecule has 0 atom stereocenters. The van der Waals surface area contributed by atoms with Crippen molar-refractivity contribution in [3.05, 3.63) is 7.11 Å². The molecule has 1 radical (unpaired) electrons. The van der Waals surface area contributed by atoms with Gasteiger partial charge in [-0.2, -0.15) is 0 Å². The first-order chi connectivity index (χ1) is 4.35. The molecule has 0 aliphatic carbocycles. The summed E-state index contributed by atoms with van der Waals surface area (Å²) in [5.41, 5.74) is 0. The lowest BCUT2D eigenvalue weighted by molar-refractivity contribution is 0.212. The van der Waals surface area contributed by atoms with Crippen LogP contribution in [0.2, 0.25) is 0 Å². The van der Waals surface area contributed by atoms with E-state index in [-0.39, 0.29) is 0 Å². The predicted molar refractivity (Wildman–Crippen MR) is 40.0 cm³/mol. The fourth-order valence-electron chi connectivity index (χ4n) is 0.947. The first kappa shape index (κ1) is 8.96. The van der Waals surface area contributed by atoms with Crippen molar-refractivity contribution in [3.63, 3.8) is 0 Å². The van der Waals surface area contributed by atoms with Gasteiger partial charge in [-0.3, -0.25) is 0 Å². The fraction of sp³-hybridized carbons (Fsp3) is 0.875. The summed E-state index contributed by atoms with van der Waals surface area (Å²) < 4.78 is 4.73. The highest BCUT2D eigenvalue weighted by Gasteiger charge is 2.00. The van der Waals surface area contributed by atoms with Gasteiger partial charge in [0.15, 0.2) is 0 Å². The molecule has 0 fully saturated rings. The zero-order chi connectivity index (χ0) is 7.11. The van der Waals surface area contributed by atoms with Crippen LogP contribution in [-0.2, 0) is 4.74 Å². The molecule has 0 rings (SSSR count). The quantitative estimate of drug-likeness (QED) is 0.554. The third-order valence-corrected chi connectivity index (χ3v) is 1.83. The second kappa shape index (κ2) is 6.09. The summed E-state index contributed by atoms with van der Waals surface area (Å²) in [7, 11) is 3.33. The smallest absolute Gasteiger partial charge is 0.0700 e. The average Bonchev–Trinajstić information content (AvgIpc) is 1.91. The Hall–Kier alpha value is -0.0400.